The second-order valence-corrected chi connectivity index (χ2v) is 4.22. The Balaban J connectivity index is 4.38. The molecule has 0 fully saturated rings. The Hall–Kier alpha value is -0.340. The molecule has 2 nitrogen and oxygen atoms in total. The van der Waals surface area contributed by atoms with Crippen molar-refractivity contribution < 1.29 is 9.84 Å². The zero-order chi connectivity index (χ0) is 11.9. The van der Waals surface area contributed by atoms with E-state index in [1.165, 1.54) is 0 Å². The summed E-state index contributed by atoms with van der Waals surface area (Å²) in [7, 11) is 0. The molecule has 0 amide bonds. The smallest absolute Gasteiger partial charge is 0.0934 e. The summed E-state index contributed by atoms with van der Waals surface area (Å²) >= 11 is 0. The highest BCUT2D eigenvalue weighted by atomic mass is 16.5. The molecule has 0 saturated heterocycles. The summed E-state index contributed by atoms with van der Waals surface area (Å²) in [6, 6.07) is 0. The van der Waals surface area contributed by atoms with E-state index in [0.29, 0.717) is 6.61 Å². The molecule has 0 aromatic heterocycles. The molecule has 0 saturated carbocycles. The van der Waals surface area contributed by atoms with E-state index in [4.69, 9.17) is 4.74 Å². The molecule has 1 unspecified atom stereocenters. The molecule has 0 aromatic carbocycles. The van der Waals surface area contributed by atoms with Gasteiger partial charge in [-0.25, -0.2) is 0 Å². The number of ether oxygens (including phenoxy) is 1. The van der Waals surface area contributed by atoms with Gasteiger partial charge in [0.25, 0.3) is 0 Å². The standard InChI is InChI=1S/C13H26O2/c1-6-13(7-2,15-8-3)12(14)10-9-11(4)5/h12,14H,4,6-10H2,1-3,5H3. The van der Waals surface area contributed by atoms with Gasteiger partial charge in [0, 0.05) is 6.61 Å². The van der Waals surface area contributed by atoms with Crippen molar-refractivity contribution in [3.8, 4) is 0 Å². The van der Waals surface area contributed by atoms with Crippen molar-refractivity contribution in [2.24, 2.45) is 0 Å². The van der Waals surface area contributed by atoms with Crippen LogP contribution in [0.5, 0.6) is 0 Å². The summed E-state index contributed by atoms with van der Waals surface area (Å²) in [4.78, 5) is 0. The number of aliphatic hydroxyl groups is 1. The van der Waals surface area contributed by atoms with Crippen LogP contribution in [-0.2, 0) is 4.74 Å². The van der Waals surface area contributed by atoms with E-state index in [2.05, 4.69) is 20.4 Å². The summed E-state index contributed by atoms with van der Waals surface area (Å²) in [5.74, 6) is 0. The molecule has 0 aromatic rings. The Morgan fingerprint density at radius 1 is 1.33 bits per heavy atom. The van der Waals surface area contributed by atoms with Gasteiger partial charge in [0.05, 0.1) is 11.7 Å². The lowest BCUT2D eigenvalue weighted by atomic mass is 9.87. The van der Waals surface area contributed by atoms with Gasteiger partial charge in [0.2, 0.25) is 0 Å². The van der Waals surface area contributed by atoms with Gasteiger partial charge in [0.15, 0.2) is 0 Å². The fourth-order valence-electron chi connectivity index (χ4n) is 1.96. The van der Waals surface area contributed by atoms with Crippen LogP contribution in [0, 0.1) is 0 Å². The third kappa shape index (κ3) is 4.35. The monoisotopic (exact) mass is 214 g/mol. The number of allylic oxidation sites excluding steroid dienone is 1. The molecule has 0 aliphatic carbocycles. The number of aliphatic hydroxyl groups excluding tert-OH is 1. The lowest BCUT2D eigenvalue weighted by Crippen LogP contribution is -2.44. The summed E-state index contributed by atoms with van der Waals surface area (Å²) in [6.45, 7) is 12.6. The molecule has 0 heterocycles. The van der Waals surface area contributed by atoms with E-state index in [0.717, 1.165) is 31.3 Å². The van der Waals surface area contributed by atoms with Crippen LogP contribution in [0.4, 0.5) is 0 Å². The second-order valence-electron chi connectivity index (χ2n) is 4.22. The van der Waals surface area contributed by atoms with Gasteiger partial charge in [0.1, 0.15) is 0 Å². The van der Waals surface area contributed by atoms with Crippen LogP contribution in [0.1, 0.15) is 53.4 Å². The zero-order valence-electron chi connectivity index (χ0n) is 10.7. The summed E-state index contributed by atoms with van der Waals surface area (Å²) in [5.41, 5.74) is 0.760. The zero-order valence-corrected chi connectivity index (χ0v) is 10.7. The second kappa shape index (κ2) is 7.02. The Bertz CT molecular complexity index is 183. The molecule has 0 aliphatic rings. The third-order valence-electron chi connectivity index (χ3n) is 3.08. The van der Waals surface area contributed by atoms with E-state index in [-0.39, 0.29) is 11.7 Å². The van der Waals surface area contributed by atoms with Gasteiger partial charge >= 0.3 is 0 Å². The maximum absolute atomic E-state index is 10.2. The van der Waals surface area contributed by atoms with Gasteiger partial charge in [-0.05, 0) is 39.5 Å². The molecule has 0 aliphatic heterocycles. The fourth-order valence-corrected chi connectivity index (χ4v) is 1.96. The van der Waals surface area contributed by atoms with Gasteiger partial charge < -0.3 is 9.84 Å². The van der Waals surface area contributed by atoms with E-state index in [1.54, 1.807) is 0 Å². The van der Waals surface area contributed by atoms with Crippen molar-refractivity contribution >= 4 is 0 Å². The fraction of sp³-hybridized carbons (Fsp3) is 0.846. The van der Waals surface area contributed by atoms with Gasteiger partial charge in [-0.2, -0.15) is 0 Å². The molecule has 1 N–H and O–H groups in total. The summed E-state index contributed by atoms with van der Waals surface area (Å²) in [6.07, 6.45) is 2.94. The minimum Gasteiger partial charge on any atom is -0.390 e. The predicted molar refractivity (Wildman–Crippen MR) is 65.0 cm³/mol. The normalized spacial score (nSPS) is 13.9. The van der Waals surface area contributed by atoms with E-state index in [1.807, 2.05) is 13.8 Å². The predicted octanol–water partition coefficient (Wildman–Crippen LogP) is 3.30. The molecule has 0 bridgehead atoms. The van der Waals surface area contributed by atoms with Crippen LogP contribution in [0.2, 0.25) is 0 Å². The Kier molecular flexibility index (Phi) is 6.86. The van der Waals surface area contributed by atoms with E-state index >= 15 is 0 Å². The maximum Gasteiger partial charge on any atom is 0.0934 e. The van der Waals surface area contributed by atoms with Crippen LogP contribution >= 0.6 is 0 Å². The van der Waals surface area contributed by atoms with Crippen LogP contribution in [-0.4, -0.2) is 23.4 Å². The first-order valence-electron chi connectivity index (χ1n) is 5.98. The van der Waals surface area contributed by atoms with Crippen LogP contribution < -0.4 is 0 Å². The minimum absolute atomic E-state index is 0.357. The average molecular weight is 214 g/mol. The van der Waals surface area contributed by atoms with Crippen LogP contribution in [0.15, 0.2) is 12.2 Å². The third-order valence-corrected chi connectivity index (χ3v) is 3.08. The Morgan fingerprint density at radius 2 is 1.87 bits per heavy atom. The molecular formula is C13H26O2. The number of hydrogen-bond acceptors (Lipinski definition) is 2. The highest BCUT2D eigenvalue weighted by molar-refractivity contribution is 4.93. The quantitative estimate of drug-likeness (QED) is 0.628. The maximum atomic E-state index is 10.2. The van der Waals surface area contributed by atoms with E-state index in [9.17, 15) is 5.11 Å². The van der Waals surface area contributed by atoms with Crippen molar-refractivity contribution in [3.05, 3.63) is 12.2 Å². The highest BCUT2D eigenvalue weighted by Gasteiger charge is 2.34. The van der Waals surface area contributed by atoms with Gasteiger partial charge in [-0.1, -0.05) is 19.4 Å². The molecule has 0 spiro atoms. The molecule has 1 atom stereocenters. The van der Waals surface area contributed by atoms with E-state index < -0.39 is 0 Å². The highest BCUT2D eigenvalue weighted by Crippen LogP contribution is 2.28. The lowest BCUT2D eigenvalue weighted by Gasteiger charge is -2.36. The topological polar surface area (TPSA) is 29.5 Å². The van der Waals surface area contributed by atoms with Gasteiger partial charge in [-0.3, -0.25) is 0 Å². The minimum atomic E-state index is -0.385. The molecular weight excluding hydrogens is 188 g/mol. The van der Waals surface area contributed by atoms with Crippen molar-refractivity contribution in [2.75, 3.05) is 6.61 Å². The number of hydrogen-bond donors (Lipinski definition) is 1. The van der Waals surface area contributed by atoms with Crippen LogP contribution in [0.25, 0.3) is 0 Å². The van der Waals surface area contributed by atoms with Crippen molar-refractivity contribution in [3.63, 3.8) is 0 Å². The largest absolute Gasteiger partial charge is 0.390 e. The first-order chi connectivity index (χ1) is 7.02. The molecule has 15 heavy (non-hydrogen) atoms. The molecule has 0 rings (SSSR count). The first-order valence-corrected chi connectivity index (χ1v) is 5.98. The molecule has 90 valence electrons. The number of rotatable bonds is 8. The van der Waals surface area contributed by atoms with Gasteiger partial charge in [-0.15, -0.1) is 6.58 Å². The lowest BCUT2D eigenvalue weighted by molar-refractivity contribution is -0.127. The summed E-state index contributed by atoms with van der Waals surface area (Å²) < 4.78 is 5.74. The van der Waals surface area contributed by atoms with Crippen molar-refractivity contribution in [1.82, 2.24) is 0 Å². The van der Waals surface area contributed by atoms with Crippen LogP contribution in [0.3, 0.4) is 0 Å². The SMILES string of the molecule is C=C(C)CCC(O)C(CC)(CC)OCC. The van der Waals surface area contributed by atoms with Crippen molar-refractivity contribution in [2.45, 2.75) is 65.1 Å². The molecule has 0 radical (unpaired) electrons. The Morgan fingerprint density at radius 3 is 2.20 bits per heavy atom. The van der Waals surface area contributed by atoms with Crippen molar-refractivity contribution in [1.29, 1.82) is 0 Å². The molecule has 2 heteroatoms. The average Bonchev–Trinajstić information content (AvgIpc) is 2.22. The Labute approximate surface area is 94.3 Å². The summed E-state index contributed by atoms with van der Waals surface area (Å²) in [5, 5.41) is 10.2. The first kappa shape index (κ1) is 14.7.